The van der Waals surface area contributed by atoms with Gasteiger partial charge < -0.3 is 29.3 Å². The molecule has 1 saturated heterocycles. The first-order valence-corrected chi connectivity index (χ1v) is 16.5. The van der Waals surface area contributed by atoms with E-state index in [0.29, 0.717) is 37.2 Å². The highest BCUT2D eigenvalue weighted by molar-refractivity contribution is 6.01. The van der Waals surface area contributed by atoms with E-state index in [1.54, 1.807) is 41.0 Å². The molecule has 49 heavy (non-hydrogen) atoms. The van der Waals surface area contributed by atoms with Crippen molar-refractivity contribution in [2.45, 2.75) is 63.6 Å². The smallest absolute Gasteiger partial charge is 0.338 e. The van der Waals surface area contributed by atoms with E-state index in [1.165, 1.54) is 31.4 Å². The fourth-order valence-corrected chi connectivity index (χ4v) is 5.92. The Balaban J connectivity index is 1.50. The molecule has 2 aromatic rings. The molecule has 3 atom stereocenters. The molecule has 1 heterocycles. The minimum atomic E-state index is -1.20. The lowest BCUT2D eigenvalue weighted by Crippen LogP contribution is -2.46. The van der Waals surface area contributed by atoms with Gasteiger partial charge in [0, 0.05) is 49.7 Å². The van der Waals surface area contributed by atoms with Gasteiger partial charge in [0.1, 0.15) is 17.4 Å². The standard InChI is InChI=1S/C36H44N4O9/c1-5-8-9-10-11-19-38(35(44)39-20-18-30(24-39)49-33(42)25-12-15-28(16-13-25)40(45)46)23-26-14-17-29(47-4)21-31(26)32(41)37-36(22-27(36)6-2)34(43)48-7-3/h5-6,12-17,21,27,30H,1-2,7-11,18-20,22-24H2,3-4H3,(H,37,41). The Morgan fingerprint density at radius 3 is 2.51 bits per heavy atom. The first-order chi connectivity index (χ1) is 23.6. The number of benzene rings is 2. The van der Waals surface area contributed by atoms with Crippen molar-refractivity contribution < 1.29 is 38.3 Å². The zero-order chi connectivity index (χ0) is 35.6. The molecule has 13 heteroatoms. The second-order valence-corrected chi connectivity index (χ2v) is 12.1. The average Bonchev–Trinajstić information content (AvgIpc) is 3.63. The molecule has 262 valence electrons. The highest BCUT2D eigenvalue weighted by Gasteiger charge is 2.61. The zero-order valence-electron chi connectivity index (χ0n) is 28.1. The van der Waals surface area contributed by atoms with Crippen molar-refractivity contribution >= 4 is 29.6 Å². The van der Waals surface area contributed by atoms with Crippen LogP contribution in [0.15, 0.2) is 67.8 Å². The van der Waals surface area contributed by atoms with Crippen molar-refractivity contribution in [1.82, 2.24) is 15.1 Å². The summed E-state index contributed by atoms with van der Waals surface area (Å²) in [5, 5.41) is 13.8. The Morgan fingerprint density at radius 2 is 1.88 bits per heavy atom. The number of urea groups is 1. The molecule has 2 aliphatic rings. The number of nitro benzene ring substituents is 1. The Bertz CT molecular complexity index is 1560. The fraction of sp³-hybridized carbons (Fsp3) is 0.444. The van der Waals surface area contributed by atoms with Crippen LogP contribution in [0.1, 0.15) is 71.7 Å². The number of hydrogen-bond donors (Lipinski definition) is 1. The summed E-state index contributed by atoms with van der Waals surface area (Å²) >= 11 is 0. The highest BCUT2D eigenvalue weighted by atomic mass is 16.6. The molecule has 0 radical (unpaired) electrons. The number of non-ortho nitro benzene ring substituents is 1. The number of nitro groups is 1. The monoisotopic (exact) mass is 676 g/mol. The number of amides is 3. The van der Waals surface area contributed by atoms with Gasteiger partial charge in [-0.3, -0.25) is 14.9 Å². The van der Waals surface area contributed by atoms with Gasteiger partial charge in [-0.1, -0.05) is 24.6 Å². The molecular weight excluding hydrogens is 632 g/mol. The fourth-order valence-electron chi connectivity index (χ4n) is 5.92. The number of ether oxygens (including phenoxy) is 3. The van der Waals surface area contributed by atoms with Crippen molar-refractivity contribution in [3.05, 3.63) is 94.6 Å². The first kappa shape index (κ1) is 36.6. The van der Waals surface area contributed by atoms with Crippen LogP contribution in [0.4, 0.5) is 10.5 Å². The number of carbonyl (C=O) groups excluding carboxylic acids is 4. The van der Waals surface area contributed by atoms with Gasteiger partial charge in [-0.2, -0.15) is 0 Å². The zero-order valence-corrected chi connectivity index (χ0v) is 28.1. The molecule has 1 saturated carbocycles. The molecule has 1 N–H and O–H groups in total. The summed E-state index contributed by atoms with van der Waals surface area (Å²) in [6.07, 6.45) is 7.10. The maximum Gasteiger partial charge on any atom is 0.338 e. The normalized spacial score (nSPS) is 19.3. The lowest BCUT2D eigenvalue weighted by atomic mass is 10.0. The van der Waals surface area contributed by atoms with Gasteiger partial charge in [-0.05, 0) is 62.4 Å². The molecule has 13 nitrogen and oxygen atoms in total. The van der Waals surface area contributed by atoms with Crippen molar-refractivity contribution in [3.8, 4) is 5.75 Å². The minimum Gasteiger partial charge on any atom is -0.497 e. The summed E-state index contributed by atoms with van der Waals surface area (Å²) in [5.41, 5.74) is -0.335. The maximum absolute atomic E-state index is 14.0. The Kier molecular flexibility index (Phi) is 12.5. The number of likely N-dealkylation sites (tertiary alicyclic amines) is 1. The van der Waals surface area contributed by atoms with Gasteiger partial charge >= 0.3 is 18.0 Å². The maximum atomic E-state index is 14.0. The van der Waals surface area contributed by atoms with Gasteiger partial charge in [0.2, 0.25) is 0 Å². The first-order valence-electron chi connectivity index (χ1n) is 16.5. The number of allylic oxidation sites excluding steroid dienone is 1. The number of rotatable bonds is 17. The molecule has 2 aromatic carbocycles. The topological polar surface area (TPSA) is 158 Å². The minimum absolute atomic E-state index is 0.105. The summed E-state index contributed by atoms with van der Waals surface area (Å²) < 4.78 is 16.3. The Hall–Kier alpha value is -5.20. The molecule has 3 amide bonds. The van der Waals surface area contributed by atoms with E-state index in [4.69, 9.17) is 14.2 Å². The predicted octanol–water partition coefficient (Wildman–Crippen LogP) is 5.44. The van der Waals surface area contributed by atoms with Crippen molar-refractivity contribution in [3.63, 3.8) is 0 Å². The lowest BCUT2D eigenvalue weighted by Gasteiger charge is -2.29. The predicted molar refractivity (Wildman–Crippen MR) is 181 cm³/mol. The summed E-state index contributed by atoms with van der Waals surface area (Å²) in [6, 6.07) is 9.92. The molecule has 0 aromatic heterocycles. The quantitative estimate of drug-likeness (QED) is 0.0757. The molecule has 1 aliphatic heterocycles. The molecule has 3 unspecified atom stereocenters. The van der Waals surface area contributed by atoms with Crippen molar-refractivity contribution in [2.24, 2.45) is 5.92 Å². The highest BCUT2D eigenvalue weighted by Crippen LogP contribution is 2.45. The average molecular weight is 677 g/mol. The number of unbranched alkanes of at least 4 members (excludes halogenated alkanes) is 3. The summed E-state index contributed by atoms with van der Waals surface area (Å²) in [4.78, 5) is 67.1. The lowest BCUT2D eigenvalue weighted by molar-refractivity contribution is -0.384. The number of methoxy groups -OCH3 is 1. The van der Waals surface area contributed by atoms with Crippen molar-refractivity contribution in [2.75, 3.05) is 33.4 Å². The number of carbonyl (C=O) groups is 4. The van der Waals surface area contributed by atoms with Crippen LogP contribution in [-0.4, -0.2) is 83.6 Å². The second kappa shape index (κ2) is 16.8. The number of nitrogens with zero attached hydrogens (tertiary/aromatic N) is 3. The van der Waals surface area contributed by atoms with Crippen molar-refractivity contribution in [1.29, 1.82) is 0 Å². The summed E-state index contributed by atoms with van der Waals surface area (Å²) in [6.45, 7) is 10.5. The number of hydrogen-bond acceptors (Lipinski definition) is 9. The van der Waals surface area contributed by atoms with Crippen LogP contribution in [-0.2, 0) is 20.8 Å². The summed E-state index contributed by atoms with van der Waals surface area (Å²) in [7, 11) is 1.49. The molecule has 0 bridgehead atoms. The molecule has 4 rings (SSSR count). The third-order valence-electron chi connectivity index (χ3n) is 8.81. The van der Waals surface area contributed by atoms with E-state index in [9.17, 15) is 29.3 Å². The van der Waals surface area contributed by atoms with Crippen LogP contribution >= 0.6 is 0 Å². The van der Waals surface area contributed by atoms with Gasteiger partial charge in [0.15, 0.2) is 0 Å². The SMILES string of the molecule is C=CCCCCCN(Cc1ccc(OC)cc1C(=O)NC1(C(=O)OCC)CC1C=C)C(=O)N1CCC(OC(=O)c2ccc([N+](=O)[O-])cc2)C1. The van der Waals surface area contributed by atoms with E-state index >= 15 is 0 Å². The third-order valence-corrected chi connectivity index (χ3v) is 8.81. The van der Waals surface area contributed by atoms with Gasteiger partial charge in [-0.15, -0.1) is 13.2 Å². The summed E-state index contributed by atoms with van der Waals surface area (Å²) in [5.74, 6) is -1.47. The van der Waals surface area contributed by atoms with Gasteiger partial charge in [0.05, 0.1) is 30.7 Å². The van der Waals surface area contributed by atoms with E-state index in [1.807, 2.05) is 6.08 Å². The van der Waals surface area contributed by atoms with E-state index < -0.39 is 34.4 Å². The van der Waals surface area contributed by atoms with E-state index in [-0.39, 0.29) is 48.5 Å². The Morgan fingerprint density at radius 1 is 1.12 bits per heavy atom. The van der Waals surface area contributed by atoms with Crippen LogP contribution in [0.2, 0.25) is 0 Å². The van der Waals surface area contributed by atoms with E-state index in [0.717, 1.165) is 25.7 Å². The number of nitrogens with one attached hydrogen (secondary N) is 1. The van der Waals surface area contributed by atoms with Crippen LogP contribution in [0.5, 0.6) is 5.75 Å². The van der Waals surface area contributed by atoms with E-state index in [2.05, 4.69) is 18.5 Å². The second-order valence-electron chi connectivity index (χ2n) is 12.1. The molecule has 2 fully saturated rings. The third kappa shape index (κ3) is 9.04. The van der Waals surface area contributed by atoms with Crippen LogP contribution in [0.3, 0.4) is 0 Å². The van der Waals surface area contributed by atoms with Gasteiger partial charge in [0.25, 0.3) is 11.6 Å². The largest absolute Gasteiger partial charge is 0.497 e. The molecule has 1 aliphatic carbocycles. The van der Waals surface area contributed by atoms with Gasteiger partial charge in [-0.25, -0.2) is 14.4 Å². The molecular formula is C36H44N4O9. The van der Waals surface area contributed by atoms with Crippen LogP contribution < -0.4 is 10.1 Å². The Labute approximate surface area is 286 Å². The van der Waals surface area contributed by atoms with Crippen LogP contribution in [0, 0.1) is 16.0 Å². The van der Waals surface area contributed by atoms with Crippen LogP contribution in [0.25, 0.3) is 0 Å². The molecule has 0 spiro atoms. The number of esters is 2.